The van der Waals surface area contributed by atoms with Crippen LogP contribution in [-0.4, -0.2) is 17.6 Å². The molecule has 0 amide bonds. The molecule has 0 radical (unpaired) electrons. The number of anilines is 2. The number of halogens is 2. The zero-order valence-corrected chi connectivity index (χ0v) is 11.6. The zero-order valence-electron chi connectivity index (χ0n) is 10.1. The van der Waals surface area contributed by atoms with Crippen LogP contribution in [0.3, 0.4) is 0 Å². The number of hydrogen-bond donors (Lipinski definition) is 2. The van der Waals surface area contributed by atoms with Crippen molar-refractivity contribution in [3.05, 3.63) is 16.1 Å². The zero-order chi connectivity index (χ0) is 12.5. The summed E-state index contributed by atoms with van der Waals surface area (Å²) in [5.74, 6) is 1.38. The third kappa shape index (κ3) is 2.45. The first-order valence-corrected chi connectivity index (χ1v) is 6.68. The molecule has 1 heterocycles. The summed E-state index contributed by atoms with van der Waals surface area (Å²) in [5.41, 5.74) is 0.176. The summed E-state index contributed by atoms with van der Waals surface area (Å²) >= 11 is 12.2. The lowest BCUT2D eigenvalue weighted by Gasteiger charge is -2.42. The van der Waals surface area contributed by atoms with Crippen LogP contribution < -0.4 is 10.6 Å². The highest BCUT2D eigenvalue weighted by Crippen LogP contribution is 2.40. The van der Waals surface area contributed by atoms with E-state index in [1.54, 1.807) is 13.1 Å². The molecule has 1 aliphatic carbocycles. The maximum absolute atomic E-state index is 6.17. The Balaban J connectivity index is 2.26. The molecule has 94 valence electrons. The number of hydrogen-bond acceptors (Lipinski definition) is 3. The molecule has 1 aromatic rings. The van der Waals surface area contributed by atoms with Crippen molar-refractivity contribution < 1.29 is 0 Å². The lowest BCUT2D eigenvalue weighted by Crippen LogP contribution is -2.44. The third-order valence-electron chi connectivity index (χ3n) is 3.54. The Kier molecular flexibility index (Phi) is 3.69. The highest BCUT2D eigenvalue weighted by molar-refractivity contribution is 6.37. The lowest BCUT2D eigenvalue weighted by atomic mass is 9.75. The van der Waals surface area contributed by atoms with Gasteiger partial charge in [-0.25, -0.2) is 4.98 Å². The number of nitrogens with zero attached hydrogens (tertiary/aromatic N) is 1. The van der Waals surface area contributed by atoms with Gasteiger partial charge in [-0.3, -0.25) is 0 Å². The van der Waals surface area contributed by atoms with E-state index >= 15 is 0 Å². The van der Waals surface area contributed by atoms with E-state index in [0.29, 0.717) is 15.9 Å². The Morgan fingerprint density at radius 3 is 2.41 bits per heavy atom. The van der Waals surface area contributed by atoms with Crippen LogP contribution in [0.4, 0.5) is 11.6 Å². The van der Waals surface area contributed by atoms with Crippen LogP contribution in [-0.2, 0) is 0 Å². The summed E-state index contributed by atoms with van der Waals surface area (Å²) in [5, 5.41) is 7.55. The fourth-order valence-electron chi connectivity index (χ4n) is 2.15. The summed E-state index contributed by atoms with van der Waals surface area (Å²) in [7, 11) is 1.80. The Labute approximate surface area is 112 Å². The molecule has 2 rings (SSSR count). The molecule has 1 fully saturated rings. The van der Waals surface area contributed by atoms with Crippen molar-refractivity contribution in [1.29, 1.82) is 0 Å². The number of aromatic nitrogens is 1. The third-order valence-corrected chi connectivity index (χ3v) is 4.11. The highest BCUT2D eigenvalue weighted by Gasteiger charge is 2.35. The molecule has 1 saturated carbocycles. The smallest absolute Gasteiger partial charge is 0.147 e. The standard InChI is InChI=1S/C12H17Cl2N3/c1-3-12(5-4-6-12)17-11-9(14)7-8(13)10(15-2)16-11/h7H,3-6H2,1-2H3,(H2,15,16,17). The van der Waals surface area contributed by atoms with E-state index in [9.17, 15) is 0 Å². The molecule has 1 aliphatic rings. The summed E-state index contributed by atoms with van der Waals surface area (Å²) in [6, 6.07) is 1.73. The first-order valence-electron chi connectivity index (χ1n) is 5.92. The molecule has 17 heavy (non-hydrogen) atoms. The Morgan fingerprint density at radius 1 is 1.29 bits per heavy atom. The molecule has 0 aliphatic heterocycles. The lowest BCUT2D eigenvalue weighted by molar-refractivity contribution is 0.269. The first-order chi connectivity index (χ1) is 8.10. The van der Waals surface area contributed by atoms with Crippen molar-refractivity contribution >= 4 is 34.8 Å². The van der Waals surface area contributed by atoms with E-state index in [1.165, 1.54) is 19.3 Å². The predicted molar refractivity (Wildman–Crippen MR) is 74.3 cm³/mol. The van der Waals surface area contributed by atoms with Crippen molar-refractivity contribution in [1.82, 2.24) is 4.98 Å². The molecule has 0 unspecified atom stereocenters. The number of rotatable bonds is 4. The van der Waals surface area contributed by atoms with Crippen LogP contribution in [0.2, 0.25) is 10.0 Å². The van der Waals surface area contributed by atoms with E-state index in [2.05, 4.69) is 22.5 Å². The van der Waals surface area contributed by atoms with Gasteiger partial charge in [0.1, 0.15) is 11.6 Å². The molecule has 0 atom stereocenters. The molecular formula is C12H17Cl2N3. The minimum atomic E-state index is 0.176. The van der Waals surface area contributed by atoms with Gasteiger partial charge in [0.25, 0.3) is 0 Å². The van der Waals surface area contributed by atoms with E-state index < -0.39 is 0 Å². The van der Waals surface area contributed by atoms with Gasteiger partial charge in [-0.15, -0.1) is 0 Å². The van der Waals surface area contributed by atoms with Crippen LogP contribution >= 0.6 is 23.2 Å². The summed E-state index contributed by atoms with van der Waals surface area (Å²) in [4.78, 5) is 4.42. The Bertz CT molecular complexity index is 411. The fourth-order valence-corrected chi connectivity index (χ4v) is 2.65. The van der Waals surface area contributed by atoms with Gasteiger partial charge >= 0.3 is 0 Å². The van der Waals surface area contributed by atoms with Gasteiger partial charge in [0.05, 0.1) is 10.0 Å². The van der Waals surface area contributed by atoms with Gasteiger partial charge in [0.2, 0.25) is 0 Å². The maximum atomic E-state index is 6.17. The molecule has 5 heteroatoms. The van der Waals surface area contributed by atoms with Crippen molar-refractivity contribution in [3.8, 4) is 0 Å². The van der Waals surface area contributed by atoms with Gasteiger partial charge in [-0.05, 0) is 31.7 Å². The van der Waals surface area contributed by atoms with Gasteiger partial charge in [0, 0.05) is 12.6 Å². The Hall–Kier alpha value is -0.670. The van der Waals surface area contributed by atoms with E-state index in [1.807, 2.05) is 0 Å². The molecule has 0 bridgehead atoms. The minimum absolute atomic E-state index is 0.176. The average Bonchev–Trinajstić information content (AvgIpc) is 2.26. The number of nitrogens with one attached hydrogen (secondary N) is 2. The van der Waals surface area contributed by atoms with Crippen LogP contribution in [0.15, 0.2) is 6.07 Å². The fraction of sp³-hybridized carbons (Fsp3) is 0.583. The van der Waals surface area contributed by atoms with E-state index in [4.69, 9.17) is 23.2 Å². The largest absolute Gasteiger partial charge is 0.372 e. The quantitative estimate of drug-likeness (QED) is 0.865. The van der Waals surface area contributed by atoms with Crippen molar-refractivity contribution in [2.24, 2.45) is 0 Å². The highest BCUT2D eigenvalue weighted by atomic mass is 35.5. The second-order valence-corrected chi connectivity index (χ2v) is 5.33. The molecule has 1 aromatic heterocycles. The average molecular weight is 274 g/mol. The van der Waals surface area contributed by atoms with Crippen LogP contribution in [0, 0.1) is 0 Å². The van der Waals surface area contributed by atoms with Crippen molar-refractivity contribution in [3.63, 3.8) is 0 Å². The van der Waals surface area contributed by atoms with E-state index in [0.717, 1.165) is 12.2 Å². The molecular weight excluding hydrogens is 257 g/mol. The molecule has 0 aromatic carbocycles. The van der Waals surface area contributed by atoms with Crippen LogP contribution in [0.5, 0.6) is 0 Å². The second kappa shape index (κ2) is 4.91. The SMILES string of the molecule is CCC1(Nc2nc(NC)c(Cl)cc2Cl)CCC1. The monoisotopic (exact) mass is 273 g/mol. The summed E-state index contributed by atoms with van der Waals surface area (Å²) < 4.78 is 0. The maximum Gasteiger partial charge on any atom is 0.147 e. The van der Waals surface area contributed by atoms with Crippen molar-refractivity contribution in [2.75, 3.05) is 17.7 Å². The van der Waals surface area contributed by atoms with Gasteiger partial charge in [-0.2, -0.15) is 0 Å². The Morgan fingerprint density at radius 2 is 1.94 bits per heavy atom. The topological polar surface area (TPSA) is 37.0 Å². The predicted octanol–water partition coefficient (Wildman–Crippen LogP) is 4.17. The normalized spacial score (nSPS) is 17.4. The van der Waals surface area contributed by atoms with E-state index in [-0.39, 0.29) is 5.54 Å². The first kappa shape index (κ1) is 12.8. The molecule has 0 saturated heterocycles. The van der Waals surface area contributed by atoms with Gasteiger partial charge in [0.15, 0.2) is 0 Å². The van der Waals surface area contributed by atoms with Crippen LogP contribution in [0.1, 0.15) is 32.6 Å². The molecule has 3 nitrogen and oxygen atoms in total. The summed E-state index contributed by atoms with van der Waals surface area (Å²) in [6.07, 6.45) is 4.71. The van der Waals surface area contributed by atoms with Crippen molar-refractivity contribution in [2.45, 2.75) is 38.1 Å². The minimum Gasteiger partial charge on any atom is -0.372 e. The molecule has 0 spiro atoms. The van der Waals surface area contributed by atoms with Gasteiger partial charge < -0.3 is 10.6 Å². The molecule has 2 N–H and O–H groups in total. The number of pyridine rings is 1. The summed E-state index contributed by atoms with van der Waals surface area (Å²) in [6.45, 7) is 2.19. The van der Waals surface area contributed by atoms with Crippen LogP contribution in [0.25, 0.3) is 0 Å². The second-order valence-electron chi connectivity index (χ2n) is 4.51. The van der Waals surface area contributed by atoms with Gasteiger partial charge in [-0.1, -0.05) is 30.1 Å².